The molecule has 0 unspecified atom stereocenters. The Morgan fingerprint density at radius 3 is 2.72 bits per heavy atom. The average molecular weight is 268 g/mol. The summed E-state index contributed by atoms with van der Waals surface area (Å²) in [6.45, 7) is 1.43. The van der Waals surface area contributed by atoms with Gasteiger partial charge in [0.15, 0.2) is 0 Å². The number of nitrogens with zero attached hydrogens (tertiary/aromatic N) is 1. The third-order valence-corrected chi connectivity index (χ3v) is 3.94. The van der Waals surface area contributed by atoms with E-state index in [1.165, 1.54) is 25.1 Å². The standard InChI is InChI=1S/C11H12N2O4S/c1-8-9(11(14)15)4-2-5-10(8)18(16,17)13-7-3-6-12/h2,4-5,13H,3,7H2,1H3,(H,14,15). The van der Waals surface area contributed by atoms with E-state index in [9.17, 15) is 13.2 Å². The second-order valence-corrected chi connectivity index (χ2v) is 5.28. The molecule has 6 nitrogen and oxygen atoms in total. The fourth-order valence-electron chi connectivity index (χ4n) is 1.46. The molecular formula is C11H12N2O4S. The number of nitriles is 1. The largest absolute Gasteiger partial charge is 0.478 e. The van der Waals surface area contributed by atoms with Gasteiger partial charge in [-0.25, -0.2) is 17.9 Å². The lowest BCUT2D eigenvalue weighted by atomic mass is 10.1. The number of carbonyl (C=O) groups is 1. The van der Waals surface area contributed by atoms with Crippen molar-refractivity contribution in [3.8, 4) is 6.07 Å². The Hall–Kier alpha value is -1.91. The van der Waals surface area contributed by atoms with Crippen LogP contribution in [0.5, 0.6) is 0 Å². The number of aromatic carboxylic acids is 1. The topological polar surface area (TPSA) is 107 Å². The molecule has 0 saturated carbocycles. The molecule has 1 aromatic rings. The van der Waals surface area contributed by atoms with E-state index < -0.39 is 16.0 Å². The molecule has 0 radical (unpaired) electrons. The van der Waals surface area contributed by atoms with E-state index in [-0.39, 0.29) is 29.0 Å². The molecule has 0 heterocycles. The number of carboxylic acid groups (broad SMARTS) is 1. The fraction of sp³-hybridized carbons (Fsp3) is 0.273. The maximum atomic E-state index is 11.9. The van der Waals surface area contributed by atoms with Gasteiger partial charge in [0, 0.05) is 13.0 Å². The van der Waals surface area contributed by atoms with Crippen LogP contribution in [0.25, 0.3) is 0 Å². The van der Waals surface area contributed by atoms with Crippen LogP contribution in [0.4, 0.5) is 0 Å². The van der Waals surface area contributed by atoms with Crippen LogP contribution >= 0.6 is 0 Å². The van der Waals surface area contributed by atoms with E-state index >= 15 is 0 Å². The summed E-state index contributed by atoms with van der Waals surface area (Å²) < 4.78 is 26.0. The lowest BCUT2D eigenvalue weighted by Gasteiger charge is -2.09. The van der Waals surface area contributed by atoms with Gasteiger partial charge in [0.2, 0.25) is 10.0 Å². The van der Waals surface area contributed by atoms with E-state index in [0.717, 1.165) is 0 Å². The summed E-state index contributed by atoms with van der Waals surface area (Å²) in [5, 5.41) is 17.3. The molecule has 0 bridgehead atoms. The Morgan fingerprint density at radius 2 is 2.17 bits per heavy atom. The highest BCUT2D eigenvalue weighted by molar-refractivity contribution is 7.89. The summed E-state index contributed by atoms with van der Waals surface area (Å²) in [6, 6.07) is 5.85. The van der Waals surface area contributed by atoms with E-state index in [1.807, 2.05) is 6.07 Å². The third-order valence-electron chi connectivity index (χ3n) is 2.33. The maximum Gasteiger partial charge on any atom is 0.335 e. The average Bonchev–Trinajstić information content (AvgIpc) is 2.28. The predicted molar refractivity (Wildman–Crippen MR) is 63.6 cm³/mol. The molecule has 0 spiro atoms. The first-order valence-corrected chi connectivity index (χ1v) is 6.58. The van der Waals surface area contributed by atoms with Crippen molar-refractivity contribution < 1.29 is 18.3 Å². The molecule has 0 aliphatic heterocycles. The van der Waals surface area contributed by atoms with Gasteiger partial charge in [-0.3, -0.25) is 0 Å². The summed E-state index contributed by atoms with van der Waals surface area (Å²) in [4.78, 5) is 10.8. The first kappa shape index (κ1) is 14.2. The Morgan fingerprint density at radius 1 is 1.50 bits per heavy atom. The Balaban J connectivity index is 3.14. The lowest BCUT2D eigenvalue weighted by Crippen LogP contribution is -2.25. The van der Waals surface area contributed by atoms with Gasteiger partial charge in [0.05, 0.1) is 16.5 Å². The normalized spacial score (nSPS) is 10.9. The highest BCUT2D eigenvalue weighted by Gasteiger charge is 2.19. The minimum absolute atomic E-state index is 0.00439. The minimum Gasteiger partial charge on any atom is -0.478 e. The van der Waals surface area contributed by atoms with E-state index in [1.54, 1.807) is 0 Å². The molecule has 0 atom stereocenters. The fourth-order valence-corrected chi connectivity index (χ4v) is 2.75. The molecule has 96 valence electrons. The summed E-state index contributed by atoms with van der Waals surface area (Å²) in [5.41, 5.74) is 0.118. The molecule has 7 heteroatoms. The summed E-state index contributed by atoms with van der Waals surface area (Å²) >= 11 is 0. The highest BCUT2D eigenvalue weighted by atomic mass is 32.2. The molecule has 0 aliphatic carbocycles. The molecule has 2 N–H and O–H groups in total. The first-order valence-electron chi connectivity index (χ1n) is 5.09. The SMILES string of the molecule is Cc1c(C(=O)O)cccc1S(=O)(=O)NCCC#N. The predicted octanol–water partition coefficient (Wildman–Crippen LogP) is 0.885. The number of nitrogens with one attached hydrogen (secondary N) is 1. The summed E-state index contributed by atoms with van der Waals surface area (Å²) in [7, 11) is -3.78. The highest BCUT2D eigenvalue weighted by Crippen LogP contribution is 2.18. The van der Waals surface area contributed by atoms with Crippen molar-refractivity contribution in [2.45, 2.75) is 18.2 Å². The molecule has 0 amide bonds. The van der Waals surface area contributed by atoms with Gasteiger partial charge in [-0.1, -0.05) is 6.07 Å². The van der Waals surface area contributed by atoms with Gasteiger partial charge < -0.3 is 5.11 Å². The summed E-state index contributed by atoms with van der Waals surface area (Å²) in [5.74, 6) is -1.18. The van der Waals surface area contributed by atoms with Gasteiger partial charge in [-0.2, -0.15) is 5.26 Å². The van der Waals surface area contributed by atoms with Crippen molar-refractivity contribution in [3.63, 3.8) is 0 Å². The molecule has 18 heavy (non-hydrogen) atoms. The molecular weight excluding hydrogens is 256 g/mol. The third kappa shape index (κ3) is 3.06. The zero-order valence-corrected chi connectivity index (χ0v) is 10.5. The molecule has 0 saturated heterocycles. The van der Waals surface area contributed by atoms with Crippen LogP contribution in [-0.2, 0) is 10.0 Å². The van der Waals surface area contributed by atoms with E-state index in [2.05, 4.69) is 4.72 Å². The summed E-state index contributed by atoms with van der Waals surface area (Å²) in [6.07, 6.45) is 0.0525. The van der Waals surface area contributed by atoms with Crippen LogP contribution in [0.15, 0.2) is 23.1 Å². The van der Waals surface area contributed by atoms with Crippen molar-refractivity contribution >= 4 is 16.0 Å². The maximum absolute atomic E-state index is 11.9. The number of rotatable bonds is 5. The number of hydrogen-bond acceptors (Lipinski definition) is 4. The van der Waals surface area contributed by atoms with Crippen LogP contribution in [0.1, 0.15) is 22.3 Å². The van der Waals surface area contributed by atoms with Crippen LogP contribution in [-0.4, -0.2) is 26.0 Å². The second kappa shape index (κ2) is 5.62. The monoisotopic (exact) mass is 268 g/mol. The zero-order valence-electron chi connectivity index (χ0n) is 9.67. The van der Waals surface area contributed by atoms with Gasteiger partial charge in [-0.15, -0.1) is 0 Å². The zero-order chi connectivity index (χ0) is 13.8. The number of hydrogen-bond donors (Lipinski definition) is 2. The number of benzene rings is 1. The van der Waals surface area contributed by atoms with Crippen molar-refractivity contribution in [2.75, 3.05) is 6.54 Å². The van der Waals surface area contributed by atoms with Gasteiger partial charge >= 0.3 is 5.97 Å². The van der Waals surface area contributed by atoms with Crippen LogP contribution in [0.2, 0.25) is 0 Å². The number of sulfonamides is 1. The molecule has 1 aromatic carbocycles. The Kier molecular flexibility index (Phi) is 4.42. The van der Waals surface area contributed by atoms with Crippen molar-refractivity contribution in [3.05, 3.63) is 29.3 Å². The quantitative estimate of drug-likeness (QED) is 0.771. The van der Waals surface area contributed by atoms with Crippen LogP contribution in [0.3, 0.4) is 0 Å². The lowest BCUT2D eigenvalue weighted by molar-refractivity contribution is 0.0696. The number of carboxylic acids is 1. The van der Waals surface area contributed by atoms with Crippen molar-refractivity contribution in [2.24, 2.45) is 0 Å². The Bertz CT molecular complexity index is 602. The van der Waals surface area contributed by atoms with Gasteiger partial charge in [-0.05, 0) is 24.6 Å². The van der Waals surface area contributed by atoms with Crippen molar-refractivity contribution in [1.29, 1.82) is 5.26 Å². The van der Waals surface area contributed by atoms with E-state index in [0.29, 0.717) is 0 Å². The molecule has 1 rings (SSSR count). The van der Waals surface area contributed by atoms with E-state index in [4.69, 9.17) is 10.4 Å². The Labute approximate surface area is 105 Å². The van der Waals surface area contributed by atoms with Crippen LogP contribution in [0, 0.1) is 18.3 Å². The van der Waals surface area contributed by atoms with Gasteiger partial charge in [0.25, 0.3) is 0 Å². The van der Waals surface area contributed by atoms with Crippen molar-refractivity contribution in [1.82, 2.24) is 4.72 Å². The molecule has 0 fully saturated rings. The first-order chi connectivity index (χ1) is 8.40. The molecule has 0 aliphatic rings. The smallest absolute Gasteiger partial charge is 0.335 e. The second-order valence-electron chi connectivity index (χ2n) is 3.54. The van der Waals surface area contributed by atoms with Gasteiger partial charge in [0.1, 0.15) is 0 Å². The molecule has 0 aromatic heterocycles. The minimum atomic E-state index is -3.78. The van der Waals surface area contributed by atoms with Crippen LogP contribution < -0.4 is 4.72 Å².